The predicted octanol–water partition coefficient (Wildman–Crippen LogP) is 7.21. The van der Waals surface area contributed by atoms with Crippen LogP contribution in [0, 0.1) is 12.7 Å². The number of benzene rings is 4. The Morgan fingerprint density at radius 3 is 2.00 bits per heavy atom. The van der Waals surface area contributed by atoms with Crippen molar-refractivity contribution in [3.63, 3.8) is 0 Å². The zero-order chi connectivity index (χ0) is 23.2. The summed E-state index contributed by atoms with van der Waals surface area (Å²) in [6.45, 7) is 4.94. The molecule has 0 aliphatic rings. The van der Waals surface area contributed by atoms with Crippen molar-refractivity contribution in [2.45, 2.75) is 13.8 Å². The first kappa shape index (κ1) is 22.2. The summed E-state index contributed by atoms with van der Waals surface area (Å²) in [6, 6.07) is 30.8. The fourth-order valence-electron chi connectivity index (χ4n) is 3.90. The van der Waals surface area contributed by atoms with Crippen molar-refractivity contribution >= 4 is 28.4 Å². The minimum atomic E-state index is -0.222. The molecule has 0 aromatic heterocycles. The molecule has 0 unspecified atom stereocenters. The number of nitrogens with one attached hydrogen (secondary N) is 1. The van der Waals surface area contributed by atoms with Gasteiger partial charge in [0.05, 0.1) is 12.4 Å². The van der Waals surface area contributed by atoms with E-state index in [0.29, 0.717) is 24.5 Å². The molecule has 4 rings (SSSR count). The Kier molecular flexibility index (Phi) is 6.79. The van der Waals surface area contributed by atoms with E-state index in [9.17, 15) is 9.50 Å². The number of phenolic OH excluding ortho intramolecular Hbond substituents is 1. The average Bonchev–Trinajstić information content (AvgIpc) is 2.84. The van der Waals surface area contributed by atoms with Gasteiger partial charge in [0.25, 0.3) is 0 Å². The second-order valence-corrected chi connectivity index (χ2v) is 7.78. The van der Waals surface area contributed by atoms with E-state index >= 15 is 0 Å². The molecular formula is C28H28FN3O. The van der Waals surface area contributed by atoms with Crippen molar-refractivity contribution in [3.8, 4) is 5.75 Å². The van der Waals surface area contributed by atoms with Crippen LogP contribution in [-0.4, -0.2) is 18.3 Å². The van der Waals surface area contributed by atoms with Gasteiger partial charge in [-0.2, -0.15) is 0 Å². The maximum absolute atomic E-state index is 14.0. The Hall–Kier alpha value is -3.99. The summed E-state index contributed by atoms with van der Waals surface area (Å²) in [6.07, 6.45) is 0. The Bertz CT molecular complexity index is 1160. The highest BCUT2D eigenvalue weighted by Crippen LogP contribution is 2.38. The number of nitrogens with zero attached hydrogens (tertiary/aromatic N) is 2. The van der Waals surface area contributed by atoms with Crippen LogP contribution in [0.1, 0.15) is 12.5 Å². The number of rotatable bonds is 8. The van der Waals surface area contributed by atoms with E-state index in [-0.39, 0.29) is 11.6 Å². The molecule has 0 bridgehead atoms. The molecule has 0 atom stereocenters. The van der Waals surface area contributed by atoms with Gasteiger partial charge in [-0.25, -0.2) is 4.39 Å². The van der Waals surface area contributed by atoms with E-state index in [1.165, 1.54) is 6.07 Å². The number of phenols is 1. The largest absolute Gasteiger partial charge is 0.506 e. The lowest BCUT2D eigenvalue weighted by atomic mass is 10.1. The van der Waals surface area contributed by atoms with E-state index in [0.717, 1.165) is 22.7 Å². The molecule has 0 aliphatic carbocycles. The first-order valence-electron chi connectivity index (χ1n) is 11.1. The average molecular weight is 442 g/mol. The molecule has 0 radical (unpaired) electrons. The van der Waals surface area contributed by atoms with Gasteiger partial charge in [0.1, 0.15) is 11.6 Å². The molecule has 0 saturated heterocycles. The summed E-state index contributed by atoms with van der Waals surface area (Å²) in [5.74, 6) is -0.0727. The highest BCUT2D eigenvalue weighted by atomic mass is 19.1. The molecule has 33 heavy (non-hydrogen) atoms. The molecule has 4 aromatic rings. The first-order valence-corrected chi connectivity index (χ1v) is 11.1. The molecular weight excluding hydrogens is 413 g/mol. The second-order valence-electron chi connectivity index (χ2n) is 7.78. The molecule has 4 nitrogen and oxygen atoms in total. The van der Waals surface area contributed by atoms with Gasteiger partial charge in [-0.15, -0.1) is 0 Å². The summed E-state index contributed by atoms with van der Waals surface area (Å²) in [5.41, 5.74) is 4.92. The van der Waals surface area contributed by atoms with Crippen molar-refractivity contribution in [1.29, 1.82) is 0 Å². The van der Waals surface area contributed by atoms with Gasteiger partial charge < -0.3 is 20.2 Å². The van der Waals surface area contributed by atoms with E-state index in [2.05, 4.69) is 10.2 Å². The number of anilines is 5. The van der Waals surface area contributed by atoms with E-state index in [1.807, 2.05) is 90.7 Å². The maximum Gasteiger partial charge on any atom is 0.140 e. The lowest BCUT2D eigenvalue weighted by molar-refractivity contribution is 0.477. The van der Waals surface area contributed by atoms with Gasteiger partial charge in [-0.1, -0.05) is 42.5 Å². The minimum Gasteiger partial charge on any atom is -0.506 e. The third-order valence-corrected chi connectivity index (χ3v) is 5.69. The van der Waals surface area contributed by atoms with Crippen LogP contribution in [0.5, 0.6) is 5.75 Å². The number of para-hydroxylation sites is 2. The fraction of sp³-hybridized carbons (Fsp3) is 0.143. The van der Waals surface area contributed by atoms with Crippen LogP contribution in [0.4, 0.5) is 32.8 Å². The molecule has 168 valence electrons. The SMILES string of the molecule is CCN(CNc1ccc(N(c2ccccc2)c2ccccc2)cc1O)c1cccc(F)c1C. The summed E-state index contributed by atoms with van der Waals surface area (Å²) >= 11 is 0. The second kappa shape index (κ2) is 10.1. The predicted molar refractivity (Wildman–Crippen MR) is 135 cm³/mol. The molecule has 4 aromatic carbocycles. The Morgan fingerprint density at radius 1 is 0.788 bits per heavy atom. The van der Waals surface area contributed by atoms with Crippen LogP contribution in [-0.2, 0) is 0 Å². The zero-order valence-corrected chi connectivity index (χ0v) is 18.9. The summed E-state index contributed by atoms with van der Waals surface area (Å²) in [7, 11) is 0. The number of halogens is 1. The smallest absolute Gasteiger partial charge is 0.140 e. The molecule has 2 N–H and O–H groups in total. The van der Waals surface area contributed by atoms with E-state index in [1.54, 1.807) is 19.1 Å². The topological polar surface area (TPSA) is 38.7 Å². The number of aromatic hydroxyl groups is 1. The van der Waals surface area contributed by atoms with Gasteiger partial charge in [0.15, 0.2) is 0 Å². The van der Waals surface area contributed by atoms with Gasteiger partial charge >= 0.3 is 0 Å². The van der Waals surface area contributed by atoms with Crippen molar-refractivity contribution < 1.29 is 9.50 Å². The Balaban J connectivity index is 1.58. The minimum absolute atomic E-state index is 0.149. The van der Waals surface area contributed by atoms with Crippen LogP contribution >= 0.6 is 0 Å². The molecule has 0 spiro atoms. The Labute approximate surface area is 194 Å². The van der Waals surface area contributed by atoms with E-state index < -0.39 is 0 Å². The monoisotopic (exact) mass is 441 g/mol. The van der Waals surface area contributed by atoms with E-state index in [4.69, 9.17) is 0 Å². The van der Waals surface area contributed by atoms with Gasteiger partial charge in [-0.05, 0) is 62.4 Å². The van der Waals surface area contributed by atoms with Crippen LogP contribution in [0.15, 0.2) is 97.1 Å². The fourth-order valence-corrected chi connectivity index (χ4v) is 3.90. The van der Waals surface area contributed by atoms with Gasteiger partial charge in [0.2, 0.25) is 0 Å². The number of hydrogen-bond acceptors (Lipinski definition) is 4. The molecule has 0 aliphatic heterocycles. The highest BCUT2D eigenvalue weighted by Gasteiger charge is 2.15. The van der Waals surface area contributed by atoms with Crippen LogP contribution in [0.2, 0.25) is 0 Å². The molecule has 5 heteroatoms. The first-order chi connectivity index (χ1) is 16.1. The molecule has 0 saturated carbocycles. The normalized spacial score (nSPS) is 10.6. The third kappa shape index (κ3) is 4.93. The van der Waals surface area contributed by atoms with Crippen LogP contribution in [0.25, 0.3) is 0 Å². The van der Waals surface area contributed by atoms with Crippen LogP contribution < -0.4 is 15.1 Å². The standard InChI is InChI=1S/C28H28FN3O/c1-3-31(27-16-10-15-25(29)21(27)2)20-30-26-18-17-24(19-28(26)33)32(22-11-6-4-7-12-22)23-13-8-5-9-14-23/h4-19,30,33H,3,20H2,1-2H3. The summed E-state index contributed by atoms with van der Waals surface area (Å²) in [5, 5.41) is 14.1. The zero-order valence-electron chi connectivity index (χ0n) is 18.9. The molecule has 0 heterocycles. The quantitative estimate of drug-likeness (QED) is 0.224. The maximum atomic E-state index is 14.0. The Morgan fingerprint density at radius 2 is 1.42 bits per heavy atom. The summed E-state index contributed by atoms with van der Waals surface area (Å²) in [4.78, 5) is 4.13. The van der Waals surface area contributed by atoms with Gasteiger partial charge in [0, 0.05) is 40.9 Å². The molecule has 0 amide bonds. The van der Waals surface area contributed by atoms with Crippen LogP contribution in [0.3, 0.4) is 0 Å². The van der Waals surface area contributed by atoms with Crippen molar-refractivity contribution in [2.24, 2.45) is 0 Å². The van der Waals surface area contributed by atoms with Gasteiger partial charge in [-0.3, -0.25) is 0 Å². The number of hydrogen-bond donors (Lipinski definition) is 2. The third-order valence-electron chi connectivity index (χ3n) is 5.69. The highest BCUT2D eigenvalue weighted by molar-refractivity contribution is 5.79. The lowest BCUT2D eigenvalue weighted by Crippen LogP contribution is -2.29. The summed E-state index contributed by atoms with van der Waals surface area (Å²) < 4.78 is 14.0. The van der Waals surface area contributed by atoms with Crippen molar-refractivity contribution in [3.05, 3.63) is 108 Å². The van der Waals surface area contributed by atoms with Crippen molar-refractivity contribution in [1.82, 2.24) is 0 Å². The van der Waals surface area contributed by atoms with Crippen molar-refractivity contribution in [2.75, 3.05) is 28.3 Å². The molecule has 0 fully saturated rings. The lowest BCUT2D eigenvalue weighted by Gasteiger charge is -2.27.